The van der Waals surface area contributed by atoms with Crippen LogP contribution in [0.5, 0.6) is 5.75 Å². The molecule has 0 bridgehead atoms. The molecule has 0 unspecified atom stereocenters. The van der Waals surface area contributed by atoms with Gasteiger partial charge in [-0.05, 0) is 34.1 Å². The van der Waals surface area contributed by atoms with Gasteiger partial charge >= 0.3 is 0 Å². The summed E-state index contributed by atoms with van der Waals surface area (Å²) >= 11 is 3.29. The third-order valence-corrected chi connectivity index (χ3v) is 3.05. The highest BCUT2D eigenvalue weighted by Gasteiger charge is 2.12. The Morgan fingerprint density at radius 3 is 2.68 bits per heavy atom. The van der Waals surface area contributed by atoms with Crippen molar-refractivity contribution in [1.29, 1.82) is 0 Å². The maximum absolute atomic E-state index is 13.5. The van der Waals surface area contributed by atoms with Gasteiger partial charge in [0.05, 0.1) is 7.11 Å². The third kappa shape index (κ3) is 2.96. The number of amides is 1. The summed E-state index contributed by atoms with van der Waals surface area (Å²) in [7, 11) is 3.15. The van der Waals surface area contributed by atoms with E-state index in [2.05, 4.69) is 21.2 Å². The average molecular weight is 327 g/mol. The Labute approximate surface area is 118 Å². The fraction of sp³-hybridized carbons (Fsp3) is 0.154. The molecule has 0 aliphatic rings. The minimum absolute atomic E-state index is 0.139. The summed E-state index contributed by atoms with van der Waals surface area (Å²) in [5, 5.41) is 2.63. The van der Waals surface area contributed by atoms with Crippen LogP contribution in [0, 0.1) is 5.82 Å². The van der Waals surface area contributed by atoms with Crippen molar-refractivity contribution in [2.24, 2.45) is 7.05 Å². The van der Waals surface area contributed by atoms with E-state index < -0.39 is 5.82 Å². The number of ether oxygens (including phenoxy) is 1. The van der Waals surface area contributed by atoms with Crippen molar-refractivity contribution in [3.8, 4) is 5.75 Å². The van der Waals surface area contributed by atoms with Gasteiger partial charge in [-0.25, -0.2) is 4.39 Å². The van der Waals surface area contributed by atoms with Crippen molar-refractivity contribution in [2.45, 2.75) is 0 Å². The van der Waals surface area contributed by atoms with Crippen molar-refractivity contribution in [1.82, 2.24) is 4.57 Å². The molecule has 2 aromatic rings. The third-order valence-electron chi connectivity index (χ3n) is 2.61. The highest BCUT2D eigenvalue weighted by atomic mass is 79.9. The van der Waals surface area contributed by atoms with E-state index in [1.165, 1.54) is 19.2 Å². The number of benzene rings is 1. The maximum atomic E-state index is 13.5. The van der Waals surface area contributed by atoms with E-state index in [9.17, 15) is 9.18 Å². The van der Waals surface area contributed by atoms with Crippen molar-refractivity contribution >= 4 is 27.5 Å². The molecule has 0 atom stereocenters. The molecule has 0 aliphatic heterocycles. The number of anilines is 1. The van der Waals surface area contributed by atoms with Crippen LogP contribution in [0.1, 0.15) is 10.5 Å². The number of halogens is 2. The first-order chi connectivity index (χ1) is 9.01. The number of nitrogens with one attached hydrogen (secondary N) is 1. The van der Waals surface area contributed by atoms with E-state index in [4.69, 9.17) is 4.74 Å². The van der Waals surface area contributed by atoms with Crippen LogP contribution in [0.3, 0.4) is 0 Å². The second-order valence-corrected chi connectivity index (χ2v) is 4.87. The summed E-state index contributed by atoms with van der Waals surface area (Å²) < 4.78 is 20.8. The summed E-state index contributed by atoms with van der Waals surface area (Å²) in [4.78, 5) is 12.0. The highest BCUT2D eigenvalue weighted by Crippen LogP contribution is 2.21. The zero-order valence-electron chi connectivity index (χ0n) is 10.4. The Kier molecular flexibility index (Phi) is 3.90. The molecular weight excluding hydrogens is 315 g/mol. The molecule has 19 heavy (non-hydrogen) atoms. The zero-order valence-corrected chi connectivity index (χ0v) is 12.0. The Bertz CT molecular complexity index is 625. The van der Waals surface area contributed by atoms with Crippen LogP contribution >= 0.6 is 15.9 Å². The summed E-state index contributed by atoms with van der Waals surface area (Å²) in [5.74, 6) is -0.689. The first-order valence-electron chi connectivity index (χ1n) is 5.48. The molecule has 0 spiro atoms. The fourth-order valence-electron chi connectivity index (χ4n) is 1.69. The smallest absolute Gasteiger partial charge is 0.272 e. The number of aromatic nitrogens is 1. The molecule has 0 radical (unpaired) electrons. The Hall–Kier alpha value is -1.82. The van der Waals surface area contributed by atoms with Crippen LogP contribution in [0.25, 0.3) is 0 Å². The van der Waals surface area contributed by atoms with Crippen LogP contribution < -0.4 is 10.1 Å². The second kappa shape index (κ2) is 5.44. The first-order valence-corrected chi connectivity index (χ1v) is 6.27. The molecule has 2 rings (SSSR count). The standard InChI is InChI=1S/C13H12BrFN2O2/c1-17-7-8(14)5-11(17)13(18)16-9-3-4-12(19-2)10(15)6-9/h3-7H,1-2H3,(H,16,18). The summed E-state index contributed by atoms with van der Waals surface area (Å²) in [6.07, 6.45) is 1.77. The first kappa shape index (κ1) is 13.6. The zero-order chi connectivity index (χ0) is 14.0. The summed E-state index contributed by atoms with van der Waals surface area (Å²) in [6.45, 7) is 0. The molecule has 1 aromatic heterocycles. The molecule has 100 valence electrons. The summed E-state index contributed by atoms with van der Waals surface area (Å²) in [6, 6.07) is 5.95. The van der Waals surface area contributed by atoms with E-state index in [0.717, 1.165) is 4.47 Å². The van der Waals surface area contributed by atoms with Crippen LogP contribution in [-0.4, -0.2) is 17.6 Å². The lowest BCUT2D eigenvalue weighted by Crippen LogP contribution is -2.15. The topological polar surface area (TPSA) is 43.3 Å². The molecule has 1 heterocycles. The van der Waals surface area contributed by atoms with Gasteiger partial charge in [-0.1, -0.05) is 0 Å². The molecular formula is C13H12BrFN2O2. The summed E-state index contributed by atoms with van der Waals surface area (Å²) in [5.41, 5.74) is 0.851. The lowest BCUT2D eigenvalue weighted by molar-refractivity contribution is 0.101. The molecule has 1 aromatic carbocycles. The van der Waals surface area contributed by atoms with E-state index >= 15 is 0 Å². The van der Waals surface area contributed by atoms with Crippen molar-refractivity contribution < 1.29 is 13.9 Å². The number of methoxy groups -OCH3 is 1. The van der Waals surface area contributed by atoms with Gasteiger partial charge in [0, 0.05) is 29.5 Å². The monoisotopic (exact) mass is 326 g/mol. The van der Waals surface area contributed by atoms with Gasteiger partial charge in [-0.2, -0.15) is 0 Å². The van der Waals surface area contributed by atoms with Gasteiger partial charge in [-0.3, -0.25) is 4.79 Å². The van der Waals surface area contributed by atoms with E-state index in [0.29, 0.717) is 11.4 Å². The number of hydrogen-bond donors (Lipinski definition) is 1. The molecule has 0 saturated carbocycles. The second-order valence-electron chi connectivity index (χ2n) is 3.96. The molecule has 0 fully saturated rings. The van der Waals surface area contributed by atoms with Crippen LogP contribution in [0.4, 0.5) is 10.1 Å². The number of aryl methyl sites for hydroxylation is 1. The van der Waals surface area contributed by atoms with E-state index in [1.54, 1.807) is 29.9 Å². The predicted molar refractivity (Wildman–Crippen MR) is 74.0 cm³/mol. The number of carbonyl (C=O) groups excluding carboxylic acids is 1. The minimum Gasteiger partial charge on any atom is -0.494 e. The van der Waals surface area contributed by atoms with Gasteiger partial charge < -0.3 is 14.6 Å². The largest absolute Gasteiger partial charge is 0.494 e. The highest BCUT2D eigenvalue weighted by molar-refractivity contribution is 9.10. The average Bonchev–Trinajstić information content (AvgIpc) is 2.69. The van der Waals surface area contributed by atoms with E-state index in [1.807, 2.05) is 0 Å². The normalized spacial score (nSPS) is 10.3. The van der Waals surface area contributed by atoms with E-state index in [-0.39, 0.29) is 11.7 Å². The number of hydrogen-bond acceptors (Lipinski definition) is 2. The van der Waals surface area contributed by atoms with Crippen molar-refractivity contribution in [2.75, 3.05) is 12.4 Å². The molecule has 1 N–H and O–H groups in total. The molecule has 0 aliphatic carbocycles. The Balaban J connectivity index is 2.19. The quantitative estimate of drug-likeness (QED) is 0.941. The van der Waals surface area contributed by atoms with Gasteiger partial charge in [0.25, 0.3) is 5.91 Å². The molecule has 1 amide bonds. The van der Waals surface area contributed by atoms with Crippen molar-refractivity contribution in [3.63, 3.8) is 0 Å². The van der Waals surface area contributed by atoms with Crippen LogP contribution in [-0.2, 0) is 7.05 Å². The Morgan fingerprint density at radius 1 is 1.42 bits per heavy atom. The Morgan fingerprint density at radius 2 is 2.16 bits per heavy atom. The van der Waals surface area contributed by atoms with Gasteiger partial charge in [0.2, 0.25) is 0 Å². The lowest BCUT2D eigenvalue weighted by atomic mass is 10.2. The van der Waals surface area contributed by atoms with Gasteiger partial charge in [-0.15, -0.1) is 0 Å². The SMILES string of the molecule is COc1ccc(NC(=O)c2cc(Br)cn2C)cc1F. The number of rotatable bonds is 3. The minimum atomic E-state index is -0.520. The van der Waals surface area contributed by atoms with Crippen molar-refractivity contribution in [3.05, 3.63) is 46.4 Å². The predicted octanol–water partition coefficient (Wildman–Crippen LogP) is 3.19. The van der Waals surface area contributed by atoms with Crippen LogP contribution in [0.2, 0.25) is 0 Å². The van der Waals surface area contributed by atoms with Gasteiger partial charge in [0.15, 0.2) is 11.6 Å². The van der Waals surface area contributed by atoms with Crippen LogP contribution in [0.15, 0.2) is 34.9 Å². The molecule has 6 heteroatoms. The van der Waals surface area contributed by atoms with Gasteiger partial charge in [0.1, 0.15) is 5.69 Å². The lowest BCUT2D eigenvalue weighted by Gasteiger charge is -2.07. The maximum Gasteiger partial charge on any atom is 0.272 e. The number of carbonyl (C=O) groups is 1. The molecule has 0 saturated heterocycles. The molecule has 4 nitrogen and oxygen atoms in total. The number of nitrogens with zero attached hydrogens (tertiary/aromatic N) is 1. The fourth-order valence-corrected chi connectivity index (χ4v) is 2.21.